The fraction of sp³-hybridized carbons (Fsp3) is 0.818. The molecule has 2 aliphatic rings. The Morgan fingerprint density at radius 3 is 2.70 bits per heavy atom. The molecular weight excluding hydrogens is 275 g/mol. The molecule has 1 aromatic heterocycles. The lowest BCUT2D eigenvalue weighted by Crippen LogP contribution is -2.42. The van der Waals surface area contributed by atoms with Gasteiger partial charge in [0.15, 0.2) is 0 Å². The van der Waals surface area contributed by atoms with Crippen LogP contribution in [0.5, 0.6) is 0 Å². The number of hydrogen-bond acceptors (Lipinski definition) is 5. The molecule has 2 N–H and O–H groups in total. The molecule has 0 aromatic carbocycles. The van der Waals surface area contributed by atoms with Gasteiger partial charge in [0.05, 0.1) is 19.8 Å². The van der Waals surface area contributed by atoms with Gasteiger partial charge in [0.25, 0.3) is 0 Å². The van der Waals surface area contributed by atoms with E-state index in [1.807, 2.05) is 0 Å². The maximum atomic E-state index is 12.7. The first-order chi connectivity index (χ1) is 9.45. The van der Waals surface area contributed by atoms with Crippen molar-refractivity contribution in [2.24, 2.45) is 11.7 Å². The van der Waals surface area contributed by atoms with Crippen LogP contribution in [0.3, 0.4) is 0 Å². The smallest absolute Gasteiger partial charge is 0.379 e. The van der Waals surface area contributed by atoms with Gasteiger partial charge in [0, 0.05) is 31.6 Å². The third-order valence-electron chi connectivity index (χ3n) is 3.83. The summed E-state index contributed by atoms with van der Waals surface area (Å²) < 4.78 is 44.6. The standard InChI is InChI=1S/C11H16F3N5O/c12-11(13,14)10-17-16-9-4-18(1-2-19(9)10)3-7-5-20-6-8(7)15/h7-8H,1-6,15H2. The van der Waals surface area contributed by atoms with Crippen molar-refractivity contribution >= 4 is 0 Å². The number of nitrogens with zero attached hydrogens (tertiary/aromatic N) is 4. The lowest BCUT2D eigenvalue weighted by molar-refractivity contribution is -0.148. The fourth-order valence-corrected chi connectivity index (χ4v) is 2.71. The normalized spacial score (nSPS) is 27.8. The van der Waals surface area contributed by atoms with E-state index in [1.54, 1.807) is 0 Å². The van der Waals surface area contributed by atoms with Crippen molar-refractivity contribution in [1.82, 2.24) is 19.7 Å². The molecule has 9 heteroatoms. The molecule has 112 valence electrons. The molecule has 0 bridgehead atoms. The van der Waals surface area contributed by atoms with Crippen LogP contribution in [0, 0.1) is 5.92 Å². The lowest BCUT2D eigenvalue weighted by atomic mass is 10.0. The molecule has 1 fully saturated rings. The van der Waals surface area contributed by atoms with Crippen LogP contribution >= 0.6 is 0 Å². The topological polar surface area (TPSA) is 69.2 Å². The van der Waals surface area contributed by atoms with Gasteiger partial charge in [0.1, 0.15) is 5.82 Å². The molecule has 0 amide bonds. The number of nitrogens with two attached hydrogens (primary N) is 1. The second-order valence-corrected chi connectivity index (χ2v) is 5.29. The summed E-state index contributed by atoms with van der Waals surface area (Å²) in [6.45, 7) is 3.03. The number of rotatable bonds is 2. The average molecular weight is 291 g/mol. The first-order valence-corrected chi connectivity index (χ1v) is 6.50. The second kappa shape index (κ2) is 4.97. The molecule has 1 saturated heterocycles. The van der Waals surface area contributed by atoms with Crippen molar-refractivity contribution in [3.8, 4) is 0 Å². The van der Waals surface area contributed by atoms with Crippen molar-refractivity contribution in [3.05, 3.63) is 11.6 Å². The summed E-state index contributed by atoms with van der Waals surface area (Å²) in [7, 11) is 0. The molecule has 0 aliphatic carbocycles. The highest BCUT2D eigenvalue weighted by Crippen LogP contribution is 2.29. The Hall–Kier alpha value is -1.19. The number of hydrogen-bond donors (Lipinski definition) is 1. The van der Waals surface area contributed by atoms with Gasteiger partial charge in [-0.2, -0.15) is 13.2 Å². The van der Waals surface area contributed by atoms with Crippen molar-refractivity contribution in [2.45, 2.75) is 25.3 Å². The van der Waals surface area contributed by atoms with E-state index >= 15 is 0 Å². The van der Waals surface area contributed by atoms with Gasteiger partial charge in [-0.1, -0.05) is 0 Å². The minimum Gasteiger partial charge on any atom is -0.379 e. The van der Waals surface area contributed by atoms with Crippen molar-refractivity contribution in [1.29, 1.82) is 0 Å². The fourth-order valence-electron chi connectivity index (χ4n) is 2.71. The Kier molecular flexibility index (Phi) is 3.43. The Labute approximate surface area is 113 Å². The van der Waals surface area contributed by atoms with Crippen molar-refractivity contribution in [2.75, 3.05) is 26.3 Å². The predicted molar refractivity (Wildman–Crippen MR) is 62.6 cm³/mol. The quantitative estimate of drug-likeness (QED) is 0.836. The molecule has 2 unspecified atom stereocenters. The first-order valence-electron chi connectivity index (χ1n) is 6.50. The SMILES string of the molecule is NC1COCC1CN1CCn2c(nnc2C(F)(F)F)C1. The summed E-state index contributed by atoms with van der Waals surface area (Å²) >= 11 is 0. The minimum absolute atomic E-state index is 0.000493. The Morgan fingerprint density at radius 2 is 2.05 bits per heavy atom. The highest BCUT2D eigenvalue weighted by atomic mass is 19.4. The summed E-state index contributed by atoms with van der Waals surface area (Å²) in [5.74, 6) is -0.323. The molecule has 1 aromatic rings. The summed E-state index contributed by atoms with van der Waals surface area (Å²) in [5, 5.41) is 6.92. The molecular formula is C11H16F3N5O. The zero-order chi connectivity index (χ0) is 14.3. The third kappa shape index (κ3) is 2.52. The van der Waals surface area contributed by atoms with Crippen LogP contribution in [0.1, 0.15) is 11.6 Å². The van der Waals surface area contributed by atoms with Crippen LogP contribution in [-0.2, 0) is 24.0 Å². The van der Waals surface area contributed by atoms with Crippen molar-refractivity contribution < 1.29 is 17.9 Å². The van der Waals surface area contributed by atoms with Crippen LogP contribution in [0.2, 0.25) is 0 Å². The predicted octanol–water partition coefficient (Wildman–Crippen LogP) is 0.0862. The minimum atomic E-state index is -4.45. The summed E-state index contributed by atoms with van der Waals surface area (Å²) in [4.78, 5) is 2.06. The summed E-state index contributed by atoms with van der Waals surface area (Å²) in [6, 6.07) is 0.000493. The maximum absolute atomic E-state index is 12.7. The van der Waals surface area contributed by atoms with Gasteiger partial charge >= 0.3 is 6.18 Å². The molecule has 2 atom stereocenters. The molecule has 3 rings (SSSR count). The largest absolute Gasteiger partial charge is 0.451 e. The van der Waals surface area contributed by atoms with Gasteiger partial charge in [-0.25, -0.2) is 0 Å². The molecule has 6 nitrogen and oxygen atoms in total. The molecule has 0 saturated carbocycles. The highest BCUT2D eigenvalue weighted by Gasteiger charge is 2.39. The Morgan fingerprint density at radius 1 is 1.25 bits per heavy atom. The molecule has 20 heavy (non-hydrogen) atoms. The Balaban J connectivity index is 1.69. The van der Waals surface area contributed by atoms with Gasteiger partial charge in [-0.05, 0) is 0 Å². The van der Waals surface area contributed by atoms with Crippen LogP contribution in [0.15, 0.2) is 0 Å². The maximum Gasteiger partial charge on any atom is 0.451 e. The summed E-state index contributed by atoms with van der Waals surface area (Å²) in [5.41, 5.74) is 5.92. The van der Waals surface area contributed by atoms with E-state index in [2.05, 4.69) is 15.1 Å². The van der Waals surface area contributed by atoms with Crippen molar-refractivity contribution in [3.63, 3.8) is 0 Å². The van der Waals surface area contributed by atoms with E-state index in [0.29, 0.717) is 32.1 Å². The number of alkyl halides is 3. The van der Waals surface area contributed by atoms with E-state index in [-0.39, 0.29) is 18.5 Å². The van der Waals surface area contributed by atoms with Crippen LogP contribution < -0.4 is 5.73 Å². The van der Waals surface area contributed by atoms with E-state index in [9.17, 15) is 13.2 Å². The monoisotopic (exact) mass is 291 g/mol. The van der Waals surface area contributed by atoms with Gasteiger partial charge in [-0.15, -0.1) is 10.2 Å². The molecule has 0 spiro atoms. The number of aromatic nitrogens is 3. The van der Waals surface area contributed by atoms with E-state index in [4.69, 9.17) is 10.5 Å². The number of halogens is 3. The first kappa shape index (κ1) is 13.8. The van der Waals surface area contributed by atoms with Gasteiger partial charge < -0.3 is 15.0 Å². The summed E-state index contributed by atoms with van der Waals surface area (Å²) in [6.07, 6.45) is -4.45. The van der Waals surface area contributed by atoms with Crippen LogP contribution in [0.25, 0.3) is 0 Å². The lowest BCUT2D eigenvalue weighted by Gasteiger charge is -2.30. The zero-order valence-electron chi connectivity index (χ0n) is 10.8. The van der Waals surface area contributed by atoms with E-state index in [1.165, 1.54) is 0 Å². The molecule has 0 radical (unpaired) electrons. The van der Waals surface area contributed by atoms with E-state index in [0.717, 1.165) is 11.1 Å². The van der Waals surface area contributed by atoms with Gasteiger partial charge in [-0.3, -0.25) is 4.90 Å². The van der Waals surface area contributed by atoms with Crippen LogP contribution in [0.4, 0.5) is 13.2 Å². The van der Waals surface area contributed by atoms with Crippen LogP contribution in [-0.4, -0.2) is 52.0 Å². The second-order valence-electron chi connectivity index (χ2n) is 5.29. The Bertz CT molecular complexity index is 489. The van der Waals surface area contributed by atoms with E-state index < -0.39 is 12.0 Å². The molecule has 2 aliphatic heterocycles. The average Bonchev–Trinajstić information content (AvgIpc) is 2.95. The highest BCUT2D eigenvalue weighted by molar-refractivity contribution is 5.02. The third-order valence-corrected chi connectivity index (χ3v) is 3.83. The zero-order valence-corrected chi connectivity index (χ0v) is 10.8. The number of ether oxygens (including phenoxy) is 1. The molecule has 3 heterocycles. The number of fused-ring (bicyclic) bond motifs is 1. The van der Waals surface area contributed by atoms with Gasteiger partial charge in [0.2, 0.25) is 5.82 Å².